The van der Waals surface area contributed by atoms with E-state index in [2.05, 4.69) is 20.6 Å². The monoisotopic (exact) mass is 390 g/mol. The van der Waals surface area contributed by atoms with Crippen molar-refractivity contribution in [1.82, 2.24) is 24.5 Å². The zero-order valence-electron chi connectivity index (χ0n) is 14.9. The molecule has 0 bridgehead atoms. The van der Waals surface area contributed by atoms with Gasteiger partial charge >= 0.3 is 0 Å². The summed E-state index contributed by atoms with van der Waals surface area (Å²) in [6, 6.07) is 7.40. The van der Waals surface area contributed by atoms with E-state index in [1.165, 1.54) is 11.8 Å². The second kappa shape index (κ2) is 7.51. The maximum atomic E-state index is 12.3. The Balaban J connectivity index is 1.66. The lowest BCUT2D eigenvalue weighted by molar-refractivity contribution is -0.113. The Kier molecular flexibility index (Phi) is 5.33. The normalized spacial score (nSPS) is 11.0. The van der Waals surface area contributed by atoms with Crippen LogP contribution in [0, 0.1) is 13.8 Å². The second-order valence-electron chi connectivity index (χ2n) is 5.88. The van der Waals surface area contributed by atoms with Gasteiger partial charge < -0.3 is 9.88 Å². The van der Waals surface area contributed by atoms with E-state index in [0.29, 0.717) is 10.2 Å². The molecule has 3 aromatic rings. The summed E-state index contributed by atoms with van der Waals surface area (Å²) in [4.78, 5) is 12.3. The molecule has 1 N–H and O–H groups in total. The van der Waals surface area contributed by atoms with Crippen LogP contribution in [0.5, 0.6) is 0 Å². The van der Waals surface area contributed by atoms with Crippen molar-refractivity contribution in [2.24, 2.45) is 14.1 Å². The minimum absolute atomic E-state index is 0.106. The summed E-state index contributed by atoms with van der Waals surface area (Å²) in [5.74, 6) is 0.856. The average Bonchev–Trinajstić information content (AvgIpc) is 3.08. The van der Waals surface area contributed by atoms with Crippen molar-refractivity contribution in [3.63, 3.8) is 0 Å². The highest BCUT2D eigenvalue weighted by Gasteiger charge is 2.15. The van der Waals surface area contributed by atoms with Gasteiger partial charge in [-0.25, -0.2) is 0 Å². The zero-order chi connectivity index (χ0) is 18.8. The fourth-order valence-corrected chi connectivity index (χ4v) is 3.39. The number of anilines is 1. The highest BCUT2D eigenvalue weighted by atomic mass is 35.5. The molecule has 2 heterocycles. The smallest absolute Gasteiger partial charge is 0.234 e. The quantitative estimate of drug-likeness (QED) is 0.677. The molecule has 0 saturated carbocycles. The first kappa shape index (κ1) is 18.5. The highest BCUT2D eigenvalue weighted by Crippen LogP contribution is 2.24. The summed E-state index contributed by atoms with van der Waals surface area (Å²) >= 11 is 7.26. The Morgan fingerprint density at radius 1 is 1.19 bits per heavy atom. The maximum absolute atomic E-state index is 12.3. The number of aromatic nitrogens is 5. The fraction of sp³-hybridized carbons (Fsp3) is 0.294. The average molecular weight is 391 g/mol. The van der Waals surface area contributed by atoms with E-state index in [0.717, 1.165) is 28.5 Å². The Morgan fingerprint density at radius 2 is 1.88 bits per heavy atom. The summed E-state index contributed by atoms with van der Waals surface area (Å²) < 4.78 is 3.61. The van der Waals surface area contributed by atoms with Gasteiger partial charge in [-0.15, -0.1) is 10.2 Å². The van der Waals surface area contributed by atoms with E-state index in [9.17, 15) is 4.79 Å². The predicted molar refractivity (Wildman–Crippen MR) is 103 cm³/mol. The Morgan fingerprint density at radius 3 is 2.50 bits per heavy atom. The lowest BCUT2D eigenvalue weighted by atomic mass is 10.2. The van der Waals surface area contributed by atoms with Crippen LogP contribution in [-0.2, 0) is 18.9 Å². The van der Waals surface area contributed by atoms with Gasteiger partial charge in [0.1, 0.15) is 0 Å². The predicted octanol–water partition coefficient (Wildman–Crippen LogP) is 3.22. The van der Waals surface area contributed by atoms with Crippen LogP contribution in [0.4, 0.5) is 5.69 Å². The van der Waals surface area contributed by atoms with E-state index >= 15 is 0 Å². The van der Waals surface area contributed by atoms with Crippen molar-refractivity contribution in [2.75, 3.05) is 11.1 Å². The number of aryl methyl sites for hydroxylation is 2. The number of hydrogen-bond acceptors (Lipinski definition) is 5. The standard InChI is InChI=1S/C17H19ClN6OS/c1-10-15(11(2)24(4)22-10)19-14(25)9-26-17-21-20-16(23(17)3)12-5-7-13(18)8-6-12/h5-8H,9H2,1-4H3,(H,19,25). The molecule has 1 amide bonds. The molecule has 0 aliphatic rings. The molecule has 3 rings (SSSR count). The first-order valence-electron chi connectivity index (χ1n) is 7.95. The van der Waals surface area contributed by atoms with Gasteiger partial charge in [-0.2, -0.15) is 5.10 Å². The molecule has 26 heavy (non-hydrogen) atoms. The fourth-order valence-electron chi connectivity index (χ4n) is 2.55. The number of nitrogens with zero attached hydrogens (tertiary/aromatic N) is 5. The topological polar surface area (TPSA) is 77.6 Å². The Labute approximate surface area is 160 Å². The van der Waals surface area contributed by atoms with E-state index in [4.69, 9.17) is 11.6 Å². The molecule has 0 aliphatic carbocycles. The largest absolute Gasteiger partial charge is 0.322 e. The maximum Gasteiger partial charge on any atom is 0.234 e. The molecule has 0 fully saturated rings. The van der Waals surface area contributed by atoms with Gasteiger partial charge in [-0.05, 0) is 38.1 Å². The molecule has 0 aliphatic heterocycles. The van der Waals surface area contributed by atoms with E-state index in [1.54, 1.807) is 4.68 Å². The van der Waals surface area contributed by atoms with E-state index < -0.39 is 0 Å². The highest BCUT2D eigenvalue weighted by molar-refractivity contribution is 7.99. The number of rotatable bonds is 5. The van der Waals surface area contributed by atoms with Crippen LogP contribution in [-0.4, -0.2) is 36.2 Å². The minimum atomic E-state index is -0.106. The lowest BCUT2D eigenvalue weighted by Gasteiger charge is -2.06. The molecule has 0 spiro atoms. The SMILES string of the molecule is Cc1nn(C)c(C)c1NC(=O)CSc1nnc(-c2ccc(Cl)cc2)n1C. The number of carbonyl (C=O) groups excluding carboxylic acids is 1. The van der Waals surface area contributed by atoms with Gasteiger partial charge in [0.25, 0.3) is 0 Å². The number of thioether (sulfide) groups is 1. The van der Waals surface area contributed by atoms with Crippen molar-refractivity contribution >= 4 is 35.0 Å². The summed E-state index contributed by atoms with van der Waals surface area (Å²) in [5, 5.41) is 16.9. The summed E-state index contributed by atoms with van der Waals surface area (Å²) in [7, 11) is 3.73. The second-order valence-corrected chi connectivity index (χ2v) is 7.26. The molecule has 0 radical (unpaired) electrons. The van der Waals surface area contributed by atoms with E-state index in [-0.39, 0.29) is 11.7 Å². The van der Waals surface area contributed by atoms with Crippen LogP contribution < -0.4 is 5.32 Å². The van der Waals surface area contributed by atoms with Crippen molar-refractivity contribution in [3.8, 4) is 11.4 Å². The first-order chi connectivity index (χ1) is 12.4. The van der Waals surface area contributed by atoms with Crippen molar-refractivity contribution < 1.29 is 4.79 Å². The van der Waals surface area contributed by atoms with Gasteiger partial charge in [0.05, 0.1) is 22.8 Å². The molecule has 0 unspecified atom stereocenters. The molecular weight excluding hydrogens is 372 g/mol. The number of hydrogen-bond donors (Lipinski definition) is 1. The van der Waals surface area contributed by atoms with Crippen LogP contribution in [0.1, 0.15) is 11.4 Å². The number of benzene rings is 1. The third-order valence-corrected chi connectivity index (χ3v) is 5.32. The van der Waals surface area contributed by atoms with Crippen molar-refractivity contribution in [1.29, 1.82) is 0 Å². The van der Waals surface area contributed by atoms with Crippen LogP contribution in [0.15, 0.2) is 29.4 Å². The molecule has 7 nitrogen and oxygen atoms in total. The first-order valence-corrected chi connectivity index (χ1v) is 9.31. The van der Waals surface area contributed by atoms with Crippen molar-refractivity contribution in [3.05, 3.63) is 40.7 Å². The lowest BCUT2D eigenvalue weighted by Crippen LogP contribution is -2.15. The van der Waals surface area contributed by atoms with Gasteiger partial charge in [-0.1, -0.05) is 23.4 Å². The molecule has 0 saturated heterocycles. The van der Waals surface area contributed by atoms with Crippen molar-refractivity contribution in [2.45, 2.75) is 19.0 Å². The van der Waals surface area contributed by atoms with Gasteiger partial charge in [0.15, 0.2) is 11.0 Å². The van der Waals surface area contributed by atoms with Crippen LogP contribution in [0.2, 0.25) is 5.02 Å². The molecule has 9 heteroatoms. The van der Waals surface area contributed by atoms with Gasteiger partial charge in [0, 0.05) is 24.7 Å². The zero-order valence-corrected chi connectivity index (χ0v) is 16.5. The Hall–Kier alpha value is -2.32. The number of halogens is 1. The van der Waals surface area contributed by atoms with E-state index in [1.807, 2.05) is 56.8 Å². The molecule has 0 atom stereocenters. The van der Waals surface area contributed by atoms with Crippen LogP contribution in [0.25, 0.3) is 11.4 Å². The molecule has 1 aromatic carbocycles. The van der Waals surface area contributed by atoms with Crippen LogP contribution >= 0.6 is 23.4 Å². The molecule has 136 valence electrons. The molecule has 2 aromatic heterocycles. The van der Waals surface area contributed by atoms with Gasteiger partial charge in [0.2, 0.25) is 5.91 Å². The number of carbonyl (C=O) groups is 1. The van der Waals surface area contributed by atoms with Gasteiger partial charge in [-0.3, -0.25) is 9.48 Å². The summed E-state index contributed by atoms with van der Waals surface area (Å²) in [6.45, 7) is 3.79. The van der Waals surface area contributed by atoms with Crippen LogP contribution in [0.3, 0.4) is 0 Å². The summed E-state index contributed by atoms with van der Waals surface area (Å²) in [6.07, 6.45) is 0. The minimum Gasteiger partial charge on any atom is -0.322 e. The third kappa shape index (κ3) is 3.76. The Bertz CT molecular complexity index is 947. The third-order valence-electron chi connectivity index (χ3n) is 4.04. The summed E-state index contributed by atoms with van der Waals surface area (Å²) in [5.41, 5.74) is 3.40. The number of nitrogens with one attached hydrogen (secondary N) is 1. The molecular formula is C17H19ClN6OS. The number of amides is 1.